The SMILES string of the molecule is Cn1ncc2c(C(=O)CN)cccc21. The van der Waals surface area contributed by atoms with E-state index in [0.29, 0.717) is 5.56 Å². The van der Waals surface area contributed by atoms with Gasteiger partial charge in [0, 0.05) is 18.0 Å². The van der Waals surface area contributed by atoms with Gasteiger partial charge in [0.25, 0.3) is 0 Å². The van der Waals surface area contributed by atoms with Crippen LogP contribution in [0, 0.1) is 0 Å². The van der Waals surface area contributed by atoms with Crippen LogP contribution in [0.1, 0.15) is 10.4 Å². The number of rotatable bonds is 2. The Morgan fingerprint density at radius 2 is 2.36 bits per heavy atom. The number of fused-ring (bicyclic) bond motifs is 1. The summed E-state index contributed by atoms with van der Waals surface area (Å²) in [5.41, 5.74) is 6.92. The standard InChI is InChI=1S/C10H11N3O/c1-13-9-4-2-3-7(10(14)5-11)8(9)6-12-13/h2-4,6H,5,11H2,1H3. The van der Waals surface area contributed by atoms with Crippen molar-refractivity contribution in [2.75, 3.05) is 6.54 Å². The van der Waals surface area contributed by atoms with Gasteiger partial charge in [0.15, 0.2) is 5.78 Å². The fraction of sp³-hybridized carbons (Fsp3) is 0.200. The van der Waals surface area contributed by atoms with Crippen molar-refractivity contribution in [1.82, 2.24) is 9.78 Å². The summed E-state index contributed by atoms with van der Waals surface area (Å²) in [6.07, 6.45) is 1.69. The van der Waals surface area contributed by atoms with Crippen LogP contribution in [0.25, 0.3) is 10.9 Å². The first-order valence-corrected chi connectivity index (χ1v) is 4.38. The first-order chi connectivity index (χ1) is 6.74. The second-order valence-corrected chi connectivity index (χ2v) is 3.13. The number of hydrogen-bond acceptors (Lipinski definition) is 3. The van der Waals surface area contributed by atoms with E-state index in [9.17, 15) is 4.79 Å². The molecule has 0 fully saturated rings. The number of aryl methyl sites for hydroxylation is 1. The summed E-state index contributed by atoms with van der Waals surface area (Å²) in [7, 11) is 1.85. The van der Waals surface area contributed by atoms with E-state index in [1.807, 2.05) is 19.2 Å². The van der Waals surface area contributed by atoms with Crippen molar-refractivity contribution >= 4 is 16.7 Å². The van der Waals surface area contributed by atoms with Crippen molar-refractivity contribution in [1.29, 1.82) is 0 Å². The number of carbonyl (C=O) groups excluding carboxylic acids is 1. The summed E-state index contributed by atoms with van der Waals surface area (Å²) < 4.78 is 1.74. The van der Waals surface area contributed by atoms with Gasteiger partial charge < -0.3 is 5.73 Å². The van der Waals surface area contributed by atoms with Crippen LogP contribution in [0.2, 0.25) is 0 Å². The Kier molecular flexibility index (Phi) is 2.05. The van der Waals surface area contributed by atoms with Gasteiger partial charge in [0.2, 0.25) is 0 Å². The van der Waals surface area contributed by atoms with E-state index in [2.05, 4.69) is 5.10 Å². The second-order valence-electron chi connectivity index (χ2n) is 3.13. The molecule has 0 spiro atoms. The quantitative estimate of drug-likeness (QED) is 0.708. The number of benzene rings is 1. The molecule has 2 rings (SSSR count). The Labute approximate surface area is 81.3 Å². The van der Waals surface area contributed by atoms with Crippen LogP contribution in [0.4, 0.5) is 0 Å². The molecule has 0 radical (unpaired) electrons. The molecule has 1 aromatic heterocycles. The maximum atomic E-state index is 11.5. The lowest BCUT2D eigenvalue weighted by molar-refractivity contribution is 0.100. The topological polar surface area (TPSA) is 60.9 Å². The Hall–Kier alpha value is -1.68. The van der Waals surface area contributed by atoms with Gasteiger partial charge in [-0.15, -0.1) is 0 Å². The Bertz CT molecular complexity index is 487. The van der Waals surface area contributed by atoms with Gasteiger partial charge in [-0.05, 0) is 6.07 Å². The molecule has 0 aliphatic heterocycles. The maximum absolute atomic E-state index is 11.5. The van der Waals surface area contributed by atoms with E-state index in [0.717, 1.165) is 10.9 Å². The minimum Gasteiger partial charge on any atom is -0.324 e. The summed E-state index contributed by atoms with van der Waals surface area (Å²) in [6, 6.07) is 5.54. The first kappa shape index (κ1) is 8.90. The molecule has 0 saturated heterocycles. The molecule has 4 nitrogen and oxygen atoms in total. The van der Waals surface area contributed by atoms with Crippen LogP contribution in [-0.4, -0.2) is 22.1 Å². The predicted octanol–water partition coefficient (Wildman–Crippen LogP) is 0.715. The fourth-order valence-corrected chi connectivity index (χ4v) is 1.53. The zero-order valence-electron chi connectivity index (χ0n) is 7.90. The number of nitrogens with two attached hydrogens (primary N) is 1. The smallest absolute Gasteiger partial charge is 0.177 e. The Morgan fingerprint density at radius 3 is 3.07 bits per heavy atom. The lowest BCUT2D eigenvalue weighted by atomic mass is 10.1. The van der Waals surface area contributed by atoms with Crippen LogP contribution in [0.5, 0.6) is 0 Å². The second kappa shape index (κ2) is 3.23. The molecule has 0 amide bonds. The van der Waals surface area contributed by atoms with Crippen LogP contribution in [-0.2, 0) is 7.05 Å². The fourth-order valence-electron chi connectivity index (χ4n) is 1.53. The van der Waals surface area contributed by atoms with Crippen LogP contribution in [0.3, 0.4) is 0 Å². The molecule has 1 heterocycles. The summed E-state index contributed by atoms with van der Waals surface area (Å²) in [5.74, 6) is -0.0522. The highest BCUT2D eigenvalue weighted by Gasteiger charge is 2.09. The monoisotopic (exact) mass is 189 g/mol. The van der Waals surface area contributed by atoms with Crippen molar-refractivity contribution in [2.45, 2.75) is 0 Å². The van der Waals surface area contributed by atoms with E-state index in [-0.39, 0.29) is 12.3 Å². The molecular formula is C10H11N3O. The molecule has 4 heteroatoms. The molecule has 0 bridgehead atoms. The van der Waals surface area contributed by atoms with Gasteiger partial charge in [-0.2, -0.15) is 5.10 Å². The molecule has 0 aliphatic carbocycles. The van der Waals surface area contributed by atoms with E-state index < -0.39 is 0 Å². The highest BCUT2D eigenvalue weighted by Crippen LogP contribution is 2.17. The number of nitrogens with zero attached hydrogens (tertiary/aromatic N) is 2. The molecular weight excluding hydrogens is 178 g/mol. The molecule has 72 valence electrons. The Morgan fingerprint density at radius 1 is 1.57 bits per heavy atom. The summed E-state index contributed by atoms with van der Waals surface area (Å²) >= 11 is 0. The van der Waals surface area contributed by atoms with E-state index in [1.54, 1.807) is 16.9 Å². The molecule has 0 atom stereocenters. The minimum absolute atomic E-state index is 0.0357. The highest BCUT2D eigenvalue weighted by molar-refractivity contribution is 6.08. The number of Topliss-reactive ketones (excluding diaryl/α,β-unsaturated/α-hetero) is 1. The number of carbonyl (C=O) groups is 1. The zero-order chi connectivity index (χ0) is 10.1. The average molecular weight is 189 g/mol. The van der Waals surface area contributed by atoms with Gasteiger partial charge in [-0.25, -0.2) is 0 Å². The van der Waals surface area contributed by atoms with E-state index >= 15 is 0 Å². The maximum Gasteiger partial charge on any atom is 0.177 e. The lowest BCUT2D eigenvalue weighted by Crippen LogP contribution is -2.13. The normalized spacial score (nSPS) is 10.7. The minimum atomic E-state index is -0.0522. The van der Waals surface area contributed by atoms with Crippen molar-refractivity contribution in [2.24, 2.45) is 12.8 Å². The van der Waals surface area contributed by atoms with Crippen molar-refractivity contribution in [3.05, 3.63) is 30.0 Å². The Balaban J connectivity index is 2.71. The predicted molar refractivity (Wildman–Crippen MR) is 54.1 cm³/mol. The largest absolute Gasteiger partial charge is 0.324 e. The van der Waals surface area contributed by atoms with Crippen LogP contribution in [0.15, 0.2) is 24.4 Å². The first-order valence-electron chi connectivity index (χ1n) is 4.38. The van der Waals surface area contributed by atoms with Crippen LogP contribution < -0.4 is 5.73 Å². The molecule has 0 saturated carbocycles. The summed E-state index contributed by atoms with van der Waals surface area (Å²) in [6.45, 7) is 0.0357. The molecule has 2 aromatic rings. The summed E-state index contributed by atoms with van der Waals surface area (Å²) in [5, 5.41) is 4.96. The molecule has 0 unspecified atom stereocenters. The van der Waals surface area contributed by atoms with Gasteiger partial charge >= 0.3 is 0 Å². The lowest BCUT2D eigenvalue weighted by Gasteiger charge is -1.99. The van der Waals surface area contributed by atoms with E-state index in [1.165, 1.54) is 0 Å². The highest BCUT2D eigenvalue weighted by atomic mass is 16.1. The van der Waals surface area contributed by atoms with E-state index in [4.69, 9.17) is 5.73 Å². The molecule has 14 heavy (non-hydrogen) atoms. The zero-order valence-corrected chi connectivity index (χ0v) is 7.90. The number of ketones is 1. The number of aromatic nitrogens is 2. The average Bonchev–Trinajstić information content (AvgIpc) is 2.59. The van der Waals surface area contributed by atoms with Crippen molar-refractivity contribution < 1.29 is 4.79 Å². The third kappa shape index (κ3) is 1.20. The molecule has 1 aromatic carbocycles. The number of hydrogen-bond donors (Lipinski definition) is 1. The molecule has 0 aliphatic rings. The third-order valence-electron chi connectivity index (χ3n) is 2.28. The van der Waals surface area contributed by atoms with Crippen molar-refractivity contribution in [3.63, 3.8) is 0 Å². The van der Waals surface area contributed by atoms with Crippen LogP contribution >= 0.6 is 0 Å². The third-order valence-corrected chi connectivity index (χ3v) is 2.28. The van der Waals surface area contributed by atoms with Gasteiger partial charge in [-0.3, -0.25) is 9.48 Å². The summed E-state index contributed by atoms with van der Waals surface area (Å²) in [4.78, 5) is 11.5. The van der Waals surface area contributed by atoms with Gasteiger partial charge in [0.05, 0.1) is 18.3 Å². The van der Waals surface area contributed by atoms with Crippen molar-refractivity contribution in [3.8, 4) is 0 Å². The molecule has 2 N–H and O–H groups in total. The van der Waals surface area contributed by atoms with Gasteiger partial charge in [-0.1, -0.05) is 12.1 Å². The van der Waals surface area contributed by atoms with Gasteiger partial charge in [0.1, 0.15) is 0 Å².